The van der Waals surface area contributed by atoms with E-state index in [0.29, 0.717) is 5.89 Å². The molecule has 0 spiro atoms. The Morgan fingerprint density at radius 3 is 2.52 bits per heavy atom. The van der Waals surface area contributed by atoms with E-state index in [0.717, 1.165) is 38.5 Å². The van der Waals surface area contributed by atoms with Crippen molar-refractivity contribution in [1.82, 2.24) is 9.55 Å². The fraction of sp³-hybridized carbons (Fsp3) is 0.105. The Morgan fingerprint density at radius 2 is 1.78 bits per heavy atom. The Balaban J connectivity index is 1.87. The Kier molecular flexibility index (Phi) is 3.24. The van der Waals surface area contributed by atoms with Crippen LogP contribution in [0.3, 0.4) is 0 Å². The summed E-state index contributed by atoms with van der Waals surface area (Å²) in [5, 5.41) is 0.717. The largest absolute Gasteiger partial charge is 0.436 e. The third-order valence-electron chi connectivity index (χ3n) is 3.98. The van der Waals surface area contributed by atoms with Crippen LogP contribution in [0.25, 0.3) is 28.2 Å². The zero-order valence-electron chi connectivity index (χ0n) is 12.9. The van der Waals surface area contributed by atoms with Gasteiger partial charge in [-0.05, 0) is 61.4 Å². The summed E-state index contributed by atoms with van der Waals surface area (Å²) in [5.41, 5.74) is 5.72. The average Bonchev–Trinajstić information content (AvgIpc) is 3.18. The fourth-order valence-electron chi connectivity index (χ4n) is 2.69. The smallest absolute Gasteiger partial charge is 0.227 e. The van der Waals surface area contributed by atoms with E-state index < -0.39 is 0 Å². The molecule has 2 aromatic carbocycles. The summed E-state index contributed by atoms with van der Waals surface area (Å²) in [7, 11) is 0. The average molecular weight is 323 g/mol. The van der Waals surface area contributed by atoms with Gasteiger partial charge in [0, 0.05) is 28.7 Å². The molecular formula is C19H15ClN2O. The van der Waals surface area contributed by atoms with Crippen LogP contribution in [-0.4, -0.2) is 9.55 Å². The Bertz CT molecular complexity index is 1000. The molecule has 0 aliphatic heterocycles. The summed E-state index contributed by atoms with van der Waals surface area (Å²) in [6, 6.07) is 14.0. The van der Waals surface area contributed by atoms with Gasteiger partial charge in [-0.2, -0.15) is 0 Å². The first-order valence-electron chi connectivity index (χ1n) is 7.43. The Morgan fingerprint density at radius 1 is 1.00 bits per heavy atom. The second-order valence-electron chi connectivity index (χ2n) is 5.68. The van der Waals surface area contributed by atoms with Gasteiger partial charge in [0.05, 0.1) is 0 Å². The minimum Gasteiger partial charge on any atom is -0.436 e. The standard InChI is InChI=1S/C19H15ClN2O/c1-12-5-6-14(10-16(12)20)19-21-17-11-15(22-7-3-4-8-22)9-13(2)18(17)23-19/h3-11H,1-2H3. The number of aryl methyl sites for hydroxylation is 2. The van der Waals surface area contributed by atoms with Crippen molar-refractivity contribution < 1.29 is 4.42 Å². The van der Waals surface area contributed by atoms with Crippen molar-refractivity contribution in [1.29, 1.82) is 0 Å². The van der Waals surface area contributed by atoms with E-state index in [1.54, 1.807) is 0 Å². The second kappa shape index (κ2) is 5.28. The molecule has 0 aliphatic rings. The lowest BCUT2D eigenvalue weighted by Gasteiger charge is -2.03. The molecular weight excluding hydrogens is 308 g/mol. The van der Waals surface area contributed by atoms with Gasteiger partial charge in [-0.15, -0.1) is 0 Å². The predicted molar refractivity (Wildman–Crippen MR) is 93.3 cm³/mol. The molecule has 0 aliphatic carbocycles. The molecule has 0 atom stereocenters. The molecule has 2 heterocycles. The maximum absolute atomic E-state index is 6.21. The summed E-state index contributed by atoms with van der Waals surface area (Å²) >= 11 is 6.21. The van der Waals surface area contributed by atoms with Crippen LogP contribution in [0, 0.1) is 13.8 Å². The topological polar surface area (TPSA) is 31.0 Å². The number of hydrogen-bond acceptors (Lipinski definition) is 2. The molecule has 0 amide bonds. The van der Waals surface area contributed by atoms with E-state index >= 15 is 0 Å². The zero-order chi connectivity index (χ0) is 16.0. The number of rotatable bonds is 2. The van der Waals surface area contributed by atoms with Crippen LogP contribution < -0.4 is 0 Å². The highest BCUT2D eigenvalue weighted by atomic mass is 35.5. The first-order valence-corrected chi connectivity index (χ1v) is 7.81. The van der Waals surface area contributed by atoms with Crippen molar-refractivity contribution in [3.8, 4) is 17.1 Å². The van der Waals surface area contributed by atoms with E-state index in [2.05, 4.69) is 15.6 Å². The molecule has 23 heavy (non-hydrogen) atoms. The van der Waals surface area contributed by atoms with E-state index in [9.17, 15) is 0 Å². The molecule has 0 unspecified atom stereocenters. The molecule has 4 aromatic rings. The van der Waals surface area contributed by atoms with Crippen molar-refractivity contribution in [2.75, 3.05) is 0 Å². The van der Waals surface area contributed by atoms with Gasteiger partial charge in [-0.25, -0.2) is 4.98 Å². The predicted octanol–water partition coefficient (Wildman–Crippen LogP) is 5.56. The fourth-order valence-corrected chi connectivity index (χ4v) is 2.87. The highest BCUT2D eigenvalue weighted by Crippen LogP contribution is 2.30. The molecule has 3 nitrogen and oxygen atoms in total. The van der Waals surface area contributed by atoms with E-state index in [1.807, 2.05) is 62.6 Å². The van der Waals surface area contributed by atoms with Crippen LogP contribution in [0.15, 0.2) is 59.3 Å². The van der Waals surface area contributed by atoms with Crippen LogP contribution in [-0.2, 0) is 0 Å². The van der Waals surface area contributed by atoms with Crippen LogP contribution >= 0.6 is 11.6 Å². The summed E-state index contributed by atoms with van der Waals surface area (Å²) < 4.78 is 8.03. The van der Waals surface area contributed by atoms with E-state index in [1.165, 1.54) is 0 Å². The van der Waals surface area contributed by atoms with Crippen molar-refractivity contribution in [3.05, 3.63) is 71.0 Å². The molecule has 2 aromatic heterocycles. The number of benzene rings is 2. The number of aromatic nitrogens is 2. The lowest BCUT2D eigenvalue weighted by Crippen LogP contribution is -1.90. The lowest BCUT2D eigenvalue weighted by atomic mass is 10.1. The summed E-state index contributed by atoms with van der Waals surface area (Å²) in [4.78, 5) is 4.65. The highest BCUT2D eigenvalue weighted by Gasteiger charge is 2.12. The molecule has 0 saturated carbocycles. The molecule has 0 radical (unpaired) electrons. The number of nitrogens with zero attached hydrogens (tertiary/aromatic N) is 2. The molecule has 4 heteroatoms. The molecule has 114 valence electrons. The zero-order valence-corrected chi connectivity index (χ0v) is 13.6. The number of hydrogen-bond donors (Lipinski definition) is 0. The Labute approximate surface area is 139 Å². The summed E-state index contributed by atoms with van der Waals surface area (Å²) in [6.07, 6.45) is 4.03. The number of oxazole rings is 1. The molecule has 0 saturated heterocycles. The van der Waals surface area contributed by atoms with Crippen molar-refractivity contribution >= 4 is 22.7 Å². The van der Waals surface area contributed by atoms with Crippen LogP contribution in [0.2, 0.25) is 5.02 Å². The second-order valence-corrected chi connectivity index (χ2v) is 6.09. The first kappa shape index (κ1) is 14.1. The quantitative estimate of drug-likeness (QED) is 0.484. The van der Waals surface area contributed by atoms with Gasteiger partial charge in [-0.1, -0.05) is 17.7 Å². The maximum Gasteiger partial charge on any atom is 0.227 e. The molecule has 0 fully saturated rings. The minimum atomic E-state index is 0.592. The van der Waals surface area contributed by atoms with E-state index in [4.69, 9.17) is 16.0 Å². The van der Waals surface area contributed by atoms with Crippen LogP contribution in [0.1, 0.15) is 11.1 Å². The van der Waals surface area contributed by atoms with Gasteiger partial charge in [-0.3, -0.25) is 0 Å². The first-order chi connectivity index (χ1) is 11.1. The van der Waals surface area contributed by atoms with Gasteiger partial charge in [0.15, 0.2) is 5.58 Å². The number of fused-ring (bicyclic) bond motifs is 1. The lowest BCUT2D eigenvalue weighted by molar-refractivity contribution is 0.617. The van der Waals surface area contributed by atoms with Gasteiger partial charge in [0.1, 0.15) is 5.52 Å². The Hall–Kier alpha value is -2.52. The van der Waals surface area contributed by atoms with Crippen LogP contribution in [0.5, 0.6) is 0 Å². The van der Waals surface area contributed by atoms with Crippen molar-refractivity contribution in [2.45, 2.75) is 13.8 Å². The normalized spacial score (nSPS) is 11.3. The van der Waals surface area contributed by atoms with Crippen molar-refractivity contribution in [3.63, 3.8) is 0 Å². The summed E-state index contributed by atoms with van der Waals surface area (Å²) in [5.74, 6) is 0.592. The van der Waals surface area contributed by atoms with Gasteiger partial charge in [0.25, 0.3) is 0 Å². The molecule has 0 N–H and O–H groups in total. The van der Waals surface area contributed by atoms with Gasteiger partial charge >= 0.3 is 0 Å². The SMILES string of the molecule is Cc1ccc(-c2nc3cc(-n4cccc4)cc(C)c3o2)cc1Cl. The maximum atomic E-state index is 6.21. The van der Waals surface area contributed by atoms with Crippen molar-refractivity contribution in [2.24, 2.45) is 0 Å². The minimum absolute atomic E-state index is 0.592. The van der Waals surface area contributed by atoms with Crippen LogP contribution in [0.4, 0.5) is 0 Å². The van der Waals surface area contributed by atoms with E-state index in [-0.39, 0.29) is 0 Å². The molecule has 4 rings (SSSR count). The summed E-state index contributed by atoms with van der Waals surface area (Å²) in [6.45, 7) is 4.01. The van der Waals surface area contributed by atoms with Gasteiger partial charge in [0.2, 0.25) is 5.89 Å². The monoisotopic (exact) mass is 322 g/mol. The number of halogens is 1. The molecule has 0 bridgehead atoms. The third kappa shape index (κ3) is 2.43. The third-order valence-corrected chi connectivity index (χ3v) is 4.39. The highest BCUT2D eigenvalue weighted by molar-refractivity contribution is 6.31. The van der Waals surface area contributed by atoms with Gasteiger partial charge < -0.3 is 8.98 Å².